The van der Waals surface area contributed by atoms with Gasteiger partial charge in [0.2, 0.25) is 0 Å². The molecule has 0 aromatic rings. The molecule has 0 spiro atoms. The average molecular weight is 763 g/mol. The Morgan fingerprint density at radius 3 is 1.06 bits per heavy atom. The van der Waals surface area contributed by atoms with E-state index < -0.39 is 6.10 Å². The van der Waals surface area contributed by atoms with Crippen LogP contribution in [0.15, 0.2) is 12.2 Å². The molecule has 4 heteroatoms. The molecular weight excluding hydrogens is 665 g/mol. The van der Waals surface area contributed by atoms with Crippen LogP contribution in [0, 0.1) is 0 Å². The van der Waals surface area contributed by atoms with Crippen LogP contribution in [-0.2, 0) is 14.3 Å². The maximum atomic E-state index is 12.2. The Kier molecular flexibility index (Phi) is 47.5. The van der Waals surface area contributed by atoms with Gasteiger partial charge in [0.1, 0.15) is 6.10 Å². The van der Waals surface area contributed by atoms with Crippen molar-refractivity contribution in [3.05, 3.63) is 12.2 Å². The summed E-state index contributed by atoms with van der Waals surface area (Å²) in [6.07, 6.45) is 58.7. The number of hydrogen-bond acceptors (Lipinski definition) is 4. The van der Waals surface area contributed by atoms with Crippen molar-refractivity contribution >= 4 is 5.97 Å². The Labute approximate surface area is 339 Å². The summed E-state index contributed by atoms with van der Waals surface area (Å²) in [5.74, 6) is -0.198. The fourth-order valence-corrected chi connectivity index (χ4v) is 7.62. The van der Waals surface area contributed by atoms with E-state index in [9.17, 15) is 9.90 Å². The molecule has 0 aromatic carbocycles. The molecule has 0 rings (SSSR count). The summed E-state index contributed by atoms with van der Waals surface area (Å²) in [6, 6.07) is 0. The van der Waals surface area contributed by atoms with Crippen LogP contribution >= 0.6 is 0 Å². The minimum Gasteiger partial charge on any atom is -0.457 e. The van der Waals surface area contributed by atoms with Gasteiger partial charge in [0.25, 0.3) is 0 Å². The molecule has 0 heterocycles. The molecule has 54 heavy (non-hydrogen) atoms. The summed E-state index contributed by atoms with van der Waals surface area (Å²) >= 11 is 0. The quantitative estimate of drug-likeness (QED) is 0.0381. The van der Waals surface area contributed by atoms with Crippen LogP contribution in [0.2, 0.25) is 0 Å². The summed E-state index contributed by atoms with van der Waals surface area (Å²) in [5.41, 5.74) is 0. The number of esters is 1. The fraction of sp³-hybridized carbons (Fsp3) is 0.940. The van der Waals surface area contributed by atoms with Crippen molar-refractivity contribution in [3.63, 3.8) is 0 Å². The lowest BCUT2D eigenvalue weighted by molar-refractivity contribution is -0.154. The van der Waals surface area contributed by atoms with Gasteiger partial charge in [0, 0.05) is 13.0 Å². The summed E-state index contributed by atoms with van der Waals surface area (Å²) in [4.78, 5) is 12.2. The molecule has 4 nitrogen and oxygen atoms in total. The molecule has 0 aliphatic carbocycles. The number of aliphatic hydroxyl groups is 1. The van der Waals surface area contributed by atoms with Gasteiger partial charge >= 0.3 is 5.97 Å². The summed E-state index contributed by atoms with van der Waals surface area (Å²) in [5, 5.41) is 9.63. The van der Waals surface area contributed by atoms with E-state index in [0.717, 1.165) is 19.3 Å². The first kappa shape index (κ1) is 53.1. The van der Waals surface area contributed by atoms with Crippen LogP contribution in [-0.4, -0.2) is 37.0 Å². The number of carbonyl (C=O) groups excluding carboxylic acids is 1. The molecule has 0 aliphatic rings. The predicted molar refractivity (Wildman–Crippen MR) is 238 cm³/mol. The standard InChI is InChI=1S/C50H98O4/c1-3-5-7-9-11-13-15-17-19-21-23-24-25-26-27-28-30-32-34-36-38-40-42-44-46-53-48-49(47-51)54-50(52)45-43-41-39-37-35-33-31-29-22-20-18-16-14-12-10-8-6-4-2/h20,22,49,51H,3-19,21,23-48H2,1-2H3/b22-20-. The Morgan fingerprint density at radius 2 is 0.722 bits per heavy atom. The number of rotatable bonds is 47. The van der Waals surface area contributed by atoms with E-state index in [1.165, 1.54) is 238 Å². The largest absolute Gasteiger partial charge is 0.457 e. The number of unbranched alkanes of at least 4 members (excludes halogenated alkanes) is 37. The van der Waals surface area contributed by atoms with Crippen molar-refractivity contribution in [3.8, 4) is 0 Å². The molecule has 0 bridgehead atoms. The normalized spacial score (nSPS) is 12.3. The number of ether oxygens (including phenoxy) is 2. The number of allylic oxidation sites excluding steroid dienone is 2. The molecular formula is C50H98O4. The van der Waals surface area contributed by atoms with E-state index in [1.807, 2.05) is 0 Å². The van der Waals surface area contributed by atoms with Gasteiger partial charge in [-0.1, -0.05) is 244 Å². The molecule has 0 aliphatic heterocycles. The number of hydrogen-bond donors (Lipinski definition) is 1. The first-order chi connectivity index (χ1) is 26.7. The van der Waals surface area contributed by atoms with Crippen LogP contribution in [0.25, 0.3) is 0 Å². The highest BCUT2D eigenvalue weighted by Crippen LogP contribution is 2.16. The minimum absolute atomic E-state index is 0.167. The van der Waals surface area contributed by atoms with Crippen LogP contribution in [0.1, 0.15) is 277 Å². The van der Waals surface area contributed by atoms with Crippen molar-refractivity contribution in [2.24, 2.45) is 0 Å². The third kappa shape index (κ3) is 45.5. The topological polar surface area (TPSA) is 55.8 Å². The third-order valence-corrected chi connectivity index (χ3v) is 11.3. The fourth-order valence-electron chi connectivity index (χ4n) is 7.62. The Morgan fingerprint density at radius 1 is 0.426 bits per heavy atom. The lowest BCUT2D eigenvalue weighted by Gasteiger charge is -2.16. The Hall–Kier alpha value is -0.870. The molecule has 1 N–H and O–H groups in total. The highest BCUT2D eigenvalue weighted by atomic mass is 16.6. The molecule has 0 aromatic heterocycles. The Balaban J connectivity index is 3.34. The second-order valence-corrected chi connectivity index (χ2v) is 16.9. The highest BCUT2D eigenvalue weighted by molar-refractivity contribution is 5.69. The molecule has 0 saturated heterocycles. The second kappa shape index (κ2) is 48.3. The van der Waals surface area contributed by atoms with E-state index in [0.29, 0.717) is 19.6 Å². The van der Waals surface area contributed by atoms with Crippen LogP contribution in [0.4, 0.5) is 0 Å². The molecule has 322 valence electrons. The van der Waals surface area contributed by atoms with Gasteiger partial charge < -0.3 is 14.6 Å². The smallest absolute Gasteiger partial charge is 0.306 e. The minimum atomic E-state index is -0.531. The van der Waals surface area contributed by atoms with Crippen molar-refractivity contribution in [1.29, 1.82) is 0 Å². The van der Waals surface area contributed by atoms with E-state index in [4.69, 9.17) is 9.47 Å². The molecule has 0 radical (unpaired) electrons. The van der Waals surface area contributed by atoms with Crippen molar-refractivity contribution in [2.75, 3.05) is 19.8 Å². The van der Waals surface area contributed by atoms with Crippen molar-refractivity contribution in [2.45, 2.75) is 283 Å². The van der Waals surface area contributed by atoms with Gasteiger partial charge in [0.05, 0.1) is 13.2 Å². The van der Waals surface area contributed by atoms with E-state index in [1.54, 1.807) is 0 Å². The van der Waals surface area contributed by atoms with E-state index >= 15 is 0 Å². The second-order valence-electron chi connectivity index (χ2n) is 16.9. The van der Waals surface area contributed by atoms with Gasteiger partial charge in [0.15, 0.2) is 0 Å². The summed E-state index contributed by atoms with van der Waals surface area (Å²) in [6.45, 7) is 5.40. The first-order valence-corrected chi connectivity index (χ1v) is 24.8. The maximum absolute atomic E-state index is 12.2. The molecule has 0 amide bonds. The van der Waals surface area contributed by atoms with Crippen molar-refractivity contribution in [1.82, 2.24) is 0 Å². The monoisotopic (exact) mass is 763 g/mol. The summed E-state index contributed by atoms with van der Waals surface area (Å²) in [7, 11) is 0. The lowest BCUT2D eigenvalue weighted by Crippen LogP contribution is -2.27. The van der Waals surface area contributed by atoms with Crippen molar-refractivity contribution < 1.29 is 19.4 Å². The zero-order valence-electron chi connectivity index (χ0n) is 37.0. The number of aliphatic hydroxyl groups excluding tert-OH is 1. The van der Waals surface area contributed by atoms with Gasteiger partial charge in [-0.3, -0.25) is 4.79 Å². The molecule has 0 saturated carbocycles. The Bertz CT molecular complexity index is 721. The molecule has 1 unspecified atom stereocenters. The zero-order valence-corrected chi connectivity index (χ0v) is 37.0. The molecule has 1 atom stereocenters. The SMILES string of the molecule is CCCCCCCCC/C=C\CCCCCCCCCC(=O)OC(CO)COCCCCCCCCCCCCCCCCCCCCCCCCCC. The van der Waals surface area contributed by atoms with Crippen LogP contribution in [0.5, 0.6) is 0 Å². The molecule has 0 fully saturated rings. The van der Waals surface area contributed by atoms with Crippen LogP contribution < -0.4 is 0 Å². The van der Waals surface area contributed by atoms with Crippen LogP contribution in [0.3, 0.4) is 0 Å². The van der Waals surface area contributed by atoms with Gasteiger partial charge in [-0.15, -0.1) is 0 Å². The predicted octanol–water partition coefficient (Wildman–Crippen LogP) is 16.5. The van der Waals surface area contributed by atoms with Gasteiger partial charge in [-0.2, -0.15) is 0 Å². The van der Waals surface area contributed by atoms with E-state index in [2.05, 4.69) is 26.0 Å². The lowest BCUT2D eigenvalue weighted by atomic mass is 10.0. The number of carbonyl (C=O) groups is 1. The summed E-state index contributed by atoms with van der Waals surface area (Å²) < 4.78 is 11.2. The zero-order chi connectivity index (χ0) is 39.1. The first-order valence-electron chi connectivity index (χ1n) is 24.8. The van der Waals surface area contributed by atoms with Gasteiger partial charge in [-0.25, -0.2) is 0 Å². The highest BCUT2D eigenvalue weighted by Gasteiger charge is 2.13. The van der Waals surface area contributed by atoms with E-state index in [-0.39, 0.29) is 12.6 Å². The van der Waals surface area contributed by atoms with Gasteiger partial charge in [-0.05, 0) is 38.5 Å². The maximum Gasteiger partial charge on any atom is 0.306 e. The average Bonchev–Trinajstić information content (AvgIpc) is 3.18. The third-order valence-electron chi connectivity index (χ3n) is 11.3.